The first-order valence-corrected chi connectivity index (χ1v) is 12.5. The molecule has 0 bridgehead atoms. The van der Waals surface area contributed by atoms with E-state index in [4.69, 9.17) is 16.3 Å². The summed E-state index contributed by atoms with van der Waals surface area (Å²) < 4.78 is 21.0. The first-order valence-electron chi connectivity index (χ1n) is 11.3. The quantitative estimate of drug-likeness (QED) is 0.405. The predicted molar refractivity (Wildman–Crippen MR) is 139 cm³/mol. The molecule has 34 heavy (non-hydrogen) atoms. The van der Waals surface area contributed by atoms with Crippen LogP contribution in [0.5, 0.6) is 0 Å². The third-order valence-corrected chi connectivity index (χ3v) is 8.00. The highest BCUT2D eigenvalue weighted by Crippen LogP contribution is 2.41. The zero-order valence-corrected chi connectivity index (χ0v) is 21.2. The maximum atomic E-state index is 14.2. The second-order valence-electron chi connectivity index (χ2n) is 8.81. The molecule has 1 aromatic heterocycles. The molecule has 0 unspecified atom stereocenters. The van der Waals surface area contributed by atoms with E-state index < -0.39 is 11.8 Å². The van der Waals surface area contributed by atoms with E-state index in [1.165, 1.54) is 36.7 Å². The average molecular weight is 525 g/mol. The summed E-state index contributed by atoms with van der Waals surface area (Å²) in [5.41, 5.74) is 2.55. The third-order valence-electron chi connectivity index (χ3n) is 6.64. The average Bonchev–Trinajstić information content (AvgIpc) is 3.07. The number of ether oxygens (including phenoxy) is 1. The highest BCUT2D eigenvalue weighted by Gasteiger charge is 2.26. The van der Waals surface area contributed by atoms with Crippen LogP contribution in [0.4, 0.5) is 10.1 Å². The van der Waals surface area contributed by atoms with Crippen LogP contribution in [0.3, 0.4) is 0 Å². The standard InChI is InChI=1S/C25H26ClFN2O3S.ClH/c1-14-24(19-10-21(27)20(26)11-23(19)33-14)15-5-6-22(18(9-15)25(30)31)29-7-8-32-17(13-29)12-28-16-3-2-4-16;/h5-6,9-11,16-17,28H,2-4,7-8,12-13H2,1H3,(H,30,31);1H/t17-;/m0./s1. The van der Waals surface area contributed by atoms with Gasteiger partial charge in [-0.15, -0.1) is 23.7 Å². The van der Waals surface area contributed by atoms with Gasteiger partial charge < -0.3 is 20.1 Å². The van der Waals surface area contributed by atoms with Gasteiger partial charge >= 0.3 is 5.97 Å². The van der Waals surface area contributed by atoms with E-state index >= 15 is 0 Å². The molecular formula is C25H27Cl2FN2O3S. The third kappa shape index (κ3) is 4.90. The van der Waals surface area contributed by atoms with Gasteiger partial charge in [0.15, 0.2) is 0 Å². The van der Waals surface area contributed by atoms with E-state index in [2.05, 4.69) is 10.2 Å². The van der Waals surface area contributed by atoms with E-state index in [0.29, 0.717) is 31.4 Å². The second kappa shape index (κ2) is 10.4. The van der Waals surface area contributed by atoms with E-state index in [1.54, 1.807) is 12.1 Å². The molecule has 1 atom stereocenters. The molecule has 1 aliphatic heterocycles. The number of carboxylic acids is 1. The van der Waals surface area contributed by atoms with Crippen LogP contribution in [0.25, 0.3) is 21.2 Å². The minimum absolute atomic E-state index is 0. The minimum atomic E-state index is -0.978. The van der Waals surface area contributed by atoms with Crippen LogP contribution < -0.4 is 10.2 Å². The summed E-state index contributed by atoms with van der Waals surface area (Å²) in [5.74, 6) is -1.46. The first kappa shape index (κ1) is 25.2. The molecule has 0 spiro atoms. The Kier molecular flexibility index (Phi) is 7.69. The highest BCUT2D eigenvalue weighted by molar-refractivity contribution is 7.19. The Bertz CT molecular complexity index is 1210. The molecule has 2 aromatic carbocycles. The Hall–Kier alpha value is -1.90. The van der Waals surface area contributed by atoms with Crippen LogP contribution in [-0.2, 0) is 4.74 Å². The van der Waals surface area contributed by atoms with Gasteiger partial charge in [0.2, 0.25) is 0 Å². The van der Waals surface area contributed by atoms with Crippen molar-refractivity contribution in [1.29, 1.82) is 0 Å². The molecule has 5 rings (SSSR count). The number of nitrogens with zero attached hydrogens (tertiary/aromatic N) is 1. The molecule has 3 aromatic rings. The Balaban J connectivity index is 0.00000274. The van der Waals surface area contributed by atoms with Gasteiger partial charge in [0.25, 0.3) is 0 Å². The molecule has 1 saturated carbocycles. The molecule has 2 heterocycles. The zero-order chi connectivity index (χ0) is 23.1. The van der Waals surface area contributed by atoms with Crippen molar-refractivity contribution in [1.82, 2.24) is 5.32 Å². The van der Waals surface area contributed by atoms with Crippen molar-refractivity contribution in [3.05, 3.63) is 51.6 Å². The number of halogens is 3. The molecule has 0 radical (unpaired) electrons. The molecular weight excluding hydrogens is 498 g/mol. The van der Waals surface area contributed by atoms with Crippen molar-refractivity contribution in [2.75, 3.05) is 31.1 Å². The minimum Gasteiger partial charge on any atom is -0.478 e. The molecule has 2 fully saturated rings. The lowest BCUT2D eigenvalue weighted by atomic mass is 9.93. The molecule has 1 saturated heterocycles. The molecule has 2 aliphatic rings. The lowest BCUT2D eigenvalue weighted by Gasteiger charge is -2.37. The van der Waals surface area contributed by atoms with Crippen molar-refractivity contribution in [3.8, 4) is 11.1 Å². The number of rotatable bonds is 6. The van der Waals surface area contributed by atoms with E-state index in [1.807, 2.05) is 19.1 Å². The van der Waals surface area contributed by atoms with Gasteiger partial charge in [0, 0.05) is 46.2 Å². The smallest absolute Gasteiger partial charge is 0.337 e. The van der Waals surface area contributed by atoms with Crippen LogP contribution in [-0.4, -0.2) is 49.5 Å². The summed E-state index contributed by atoms with van der Waals surface area (Å²) in [6.07, 6.45) is 3.74. The van der Waals surface area contributed by atoms with Crippen LogP contribution in [0.2, 0.25) is 5.02 Å². The van der Waals surface area contributed by atoms with Crippen molar-refractivity contribution in [2.24, 2.45) is 0 Å². The summed E-state index contributed by atoms with van der Waals surface area (Å²) in [6, 6.07) is 9.16. The fourth-order valence-electron chi connectivity index (χ4n) is 4.68. The predicted octanol–water partition coefficient (Wildman–Crippen LogP) is 6.14. The van der Waals surface area contributed by atoms with Crippen LogP contribution in [0, 0.1) is 12.7 Å². The monoisotopic (exact) mass is 524 g/mol. The number of carboxylic acid groups (broad SMARTS) is 1. The normalized spacial score (nSPS) is 18.6. The number of hydrogen-bond donors (Lipinski definition) is 2. The number of aryl methyl sites for hydroxylation is 1. The number of fused-ring (bicyclic) bond motifs is 1. The topological polar surface area (TPSA) is 61.8 Å². The Morgan fingerprint density at radius 1 is 1.32 bits per heavy atom. The largest absolute Gasteiger partial charge is 0.478 e. The molecule has 2 N–H and O–H groups in total. The lowest BCUT2D eigenvalue weighted by molar-refractivity contribution is 0.0370. The molecule has 182 valence electrons. The molecule has 5 nitrogen and oxygen atoms in total. The summed E-state index contributed by atoms with van der Waals surface area (Å²) in [7, 11) is 0. The van der Waals surface area contributed by atoms with Crippen LogP contribution >= 0.6 is 35.3 Å². The lowest BCUT2D eigenvalue weighted by Crippen LogP contribution is -2.49. The van der Waals surface area contributed by atoms with Crippen molar-refractivity contribution < 1.29 is 19.0 Å². The zero-order valence-electron chi connectivity index (χ0n) is 18.8. The molecule has 1 aliphatic carbocycles. The fourth-order valence-corrected chi connectivity index (χ4v) is 6.02. The Morgan fingerprint density at radius 3 is 2.82 bits per heavy atom. The SMILES string of the molecule is Cc1sc2cc(Cl)c(F)cc2c1-c1ccc(N2CCO[C@@H](CNC3CCC3)C2)c(C(=O)O)c1.Cl. The van der Waals surface area contributed by atoms with Crippen LogP contribution in [0.1, 0.15) is 34.5 Å². The van der Waals surface area contributed by atoms with Gasteiger partial charge in [-0.3, -0.25) is 0 Å². The maximum absolute atomic E-state index is 14.2. The summed E-state index contributed by atoms with van der Waals surface area (Å²) >= 11 is 7.49. The van der Waals surface area contributed by atoms with Gasteiger partial charge in [-0.05, 0) is 49.6 Å². The Labute approximate surface area is 213 Å². The summed E-state index contributed by atoms with van der Waals surface area (Å²) in [4.78, 5) is 15.3. The first-order chi connectivity index (χ1) is 15.9. The van der Waals surface area contributed by atoms with Gasteiger partial charge in [0.05, 0.1) is 29.0 Å². The number of morpholine rings is 1. The number of carbonyl (C=O) groups is 1. The van der Waals surface area contributed by atoms with Crippen molar-refractivity contribution in [2.45, 2.75) is 38.3 Å². The second-order valence-corrected chi connectivity index (χ2v) is 10.5. The number of anilines is 1. The summed E-state index contributed by atoms with van der Waals surface area (Å²) in [6.45, 7) is 4.58. The summed E-state index contributed by atoms with van der Waals surface area (Å²) in [5, 5.41) is 14.4. The number of thiophene rings is 1. The van der Waals surface area contributed by atoms with Gasteiger partial charge in [-0.2, -0.15) is 0 Å². The molecule has 0 amide bonds. The van der Waals surface area contributed by atoms with E-state index in [-0.39, 0.29) is 29.1 Å². The fraction of sp³-hybridized carbons (Fsp3) is 0.400. The molecule has 9 heteroatoms. The highest BCUT2D eigenvalue weighted by atomic mass is 35.5. The van der Waals surface area contributed by atoms with Gasteiger partial charge in [-0.1, -0.05) is 24.1 Å². The maximum Gasteiger partial charge on any atom is 0.337 e. The van der Waals surface area contributed by atoms with E-state index in [0.717, 1.165) is 32.6 Å². The van der Waals surface area contributed by atoms with Crippen molar-refractivity contribution in [3.63, 3.8) is 0 Å². The van der Waals surface area contributed by atoms with Gasteiger partial charge in [-0.25, -0.2) is 9.18 Å². The van der Waals surface area contributed by atoms with Crippen molar-refractivity contribution >= 4 is 57.1 Å². The van der Waals surface area contributed by atoms with Crippen LogP contribution in [0.15, 0.2) is 30.3 Å². The van der Waals surface area contributed by atoms with E-state index in [9.17, 15) is 14.3 Å². The number of nitrogens with one attached hydrogen (secondary N) is 1. The number of hydrogen-bond acceptors (Lipinski definition) is 5. The number of aromatic carboxylic acids is 1. The van der Waals surface area contributed by atoms with Gasteiger partial charge in [0.1, 0.15) is 5.82 Å². The Morgan fingerprint density at radius 2 is 2.12 bits per heavy atom. The number of benzene rings is 2.